The molecule has 1 nitrogen and oxygen atoms in total. The molecule has 0 aliphatic heterocycles. The quantitative estimate of drug-likeness (QED) is 0.766. The fourth-order valence-electron chi connectivity index (χ4n) is 1.02. The average molecular weight is 218 g/mol. The molecule has 0 radical (unpaired) electrons. The van der Waals surface area contributed by atoms with Gasteiger partial charge in [0, 0.05) is 23.5 Å². The predicted octanol–water partition coefficient (Wildman–Crippen LogP) is 3.06. The molecule has 0 aliphatic rings. The van der Waals surface area contributed by atoms with Gasteiger partial charge in [0.1, 0.15) is 0 Å². The van der Waals surface area contributed by atoms with Crippen molar-refractivity contribution < 1.29 is 0 Å². The molecule has 0 amide bonds. The monoisotopic (exact) mass is 217 g/mol. The van der Waals surface area contributed by atoms with Gasteiger partial charge in [0.2, 0.25) is 0 Å². The summed E-state index contributed by atoms with van der Waals surface area (Å²) in [6, 6.07) is 7.80. The summed E-state index contributed by atoms with van der Waals surface area (Å²) < 4.78 is 0. The van der Waals surface area contributed by atoms with Gasteiger partial charge in [0.15, 0.2) is 0 Å². The predicted molar refractivity (Wildman–Crippen MR) is 58.5 cm³/mol. The van der Waals surface area contributed by atoms with Crippen LogP contribution in [-0.4, -0.2) is 11.9 Å². The summed E-state index contributed by atoms with van der Waals surface area (Å²) in [6.07, 6.45) is 0. The van der Waals surface area contributed by atoms with Crippen LogP contribution in [0, 0.1) is 0 Å². The lowest BCUT2D eigenvalue weighted by Gasteiger charge is -2.05. The summed E-state index contributed by atoms with van der Waals surface area (Å²) in [5, 5.41) is 4.19. The lowest BCUT2D eigenvalue weighted by atomic mass is 10.2. The van der Waals surface area contributed by atoms with Crippen LogP contribution in [0.3, 0.4) is 0 Å². The summed E-state index contributed by atoms with van der Waals surface area (Å²) in [7, 11) is 0. The van der Waals surface area contributed by atoms with E-state index < -0.39 is 0 Å². The minimum atomic E-state index is 0.173. The highest BCUT2D eigenvalue weighted by Crippen LogP contribution is 2.09. The second kappa shape index (κ2) is 5.48. The highest BCUT2D eigenvalue weighted by atomic mass is 35.5. The summed E-state index contributed by atoms with van der Waals surface area (Å²) >= 11 is 11.5. The first-order valence-electron chi connectivity index (χ1n) is 4.27. The standard InChI is InChI=1S/C10H13Cl2N/c1-8(11)6-13-7-9-2-4-10(12)5-3-9/h2-5,8,13H,6-7H2,1H3. The Bertz CT molecular complexity index is 244. The Kier molecular flexibility index (Phi) is 4.57. The molecule has 0 saturated heterocycles. The van der Waals surface area contributed by atoms with E-state index in [-0.39, 0.29) is 5.38 Å². The maximum atomic E-state index is 5.79. The second-order valence-corrected chi connectivity index (χ2v) is 4.22. The van der Waals surface area contributed by atoms with Crippen molar-refractivity contribution in [2.24, 2.45) is 0 Å². The molecule has 1 unspecified atom stereocenters. The maximum Gasteiger partial charge on any atom is 0.0432 e. The average Bonchev–Trinajstić information content (AvgIpc) is 2.08. The van der Waals surface area contributed by atoms with E-state index in [0.717, 1.165) is 18.1 Å². The molecule has 0 aromatic heterocycles. The molecule has 1 aromatic carbocycles. The lowest BCUT2D eigenvalue weighted by molar-refractivity contribution is 0.680. The summed E-state index contributed by atoms with van der Waals surface area (Å²) in [4.78, 5) is 0. The Hall–Kier alpha value is -0.240. The molecule has 0 aliphatic carbocycles. The van der Waals surface area contributed by atoms with Crippen LogP contribution in [-0.2, 0) is 6.54 Å². The molecule has 72 valence electrons. The largest absolute Gasteiger partial charge is 0.311 e. The van der Waals surface area contributed by atoms with Gasteiger partial charge in [-0.2, -0.15) is 0 Å². The zero-order valence-corrected chi connectivity index (χ0v) is 9.07. The van der Waals surface area contributed by atoms with Crippen molar-refractivity contribution >= 4 is 23.2 Å². The molecular weight excluding hydrogens is 205 g/mol. The molecule has 1 aromatic rings. The van der Waals surface area contributed by atoms with Gasteiger partial charge < -0.3 is 5.32 Å². The number of rotatable bonds is 4. The van der Waals surface area contributed by atoms with E-state index in [4.69, 9.17) is 23.2 Å². The van der Waals surface area contributed by atoms with Crippen LogP contribution in [0.5, 0.6) is 0 Å². The van der Waals surface area contributed by atoms with Crippen LogP contribution in [0.25, 0.3) is 0 Å². The van der Waals surface area contributed by atoms with E-state index >= 15 is 0 Å². The third-order valence-electron chi connectivity index (χ3n) is 1.67. The minimum absolute atomic E-state index is 0.173. The Morgan fingerprint density at radius 1 is 1.31 bits per heavy atom. The van der Waals surface area contributed by atoms with Gasteiger partial charge >= 0.3 is 0 Å². The molecule has 0 bridgehead atoms. The van der Waals surface area contributed by atoms with E-state index in [1.807, 2.05) is 31.2 Å². The van der Waals surface area contributed by atoms with Crippen LogP contribution in [0.15, 0.2) is 24.3 Å². The zero-order valence-electron chi connectivity index (χ0n) is 7.56. The molecule has 0 fully saturated rings. The molecule has 1 rings (SSSR count). The molecule has 1 atom stereocenters. The van der Waals surface area contributed by atoms with Crippen LogP contribution >= 0.6 is 23.2 Å². The number of nitrogens with one attached hydrogen (secondary N) is 1. The van der Waals surface area contributed by atoms with Gasteiger partial charge in [-0.25, -0.2) is 0 Å². The van der Waals surface area contributed by atoms with Crippen molar-refractivity contribution in [1.29, 1.82) is 0 Å². The van der Waals surface area contributed by atoms with Gasteiger partial charge in [-0.15, -0.1) is 11.6 Å². The van der Waals surface area contributed by atoms with Gasteiger partial charge in [-0.05, 0) is 24.6 Å². The third kappa shape index (κ3) is 4.51. The normalized spacial score (nSPS) is 12.8. The number of alkyl halides is 1. The molecule has 0 saturated carbocycles. The lowest BCUT2D eigenvalue weighted by Crippen LogP contribution is -2.20. The fraction of sp³-hybridized carbons (Fsp3) is 0.400. The minimum Gasteiger partial charge on any atom is -0.311 e. The smallest absolute Gasteiger partial charge is 0.0432 e. The first-order valence-corrected chi connectivity index (χ1v) is 5.09. The summed E-state index contributed by atoms with van der Waals surface area (Å²) in [5.41, 5.74) is 1.22. The maximum absolute atomic E-state index is 5.79. The van der Waals surface area contributed by atoms with E-state index in [1.165, 1.54) is 5.56 Å². The van der Waals surface area contributed by atoms with Gasteiger partial charge in [-0.3, -0.25) is 0 Å². The molecule has 1 N–H and O–H groups in total. The molecular formula is C10H13Cl2N. The highest BCUT2D eigenvalue weighted by Gasteiger charge is 1.95. The van der Waals surface area contributed by atoms with Crippen LogP contribution in [0.2, 0.25) is 5.02 Å². The van der Waals surface area contributed by atoms with Crippen molar-refractivity contribution in [3.8, 4) is 0 Å². The first kappa shape index (κ1) is 10.8. The number of halogens is 2. The molecule has 3 heteroatoms. The van der Waals surface area contributed by atoms with Crippen molar-refractivity contribution in [2.75, 3.05) is 6.54 Å². The topological polar surface area (TPSA) is 12.0 Å². The second-order valence-electron chi connectivity index (χ2n) is 3.04. The first-order chi connectivity index (χ1) is 6.18. The summed E-state index contributed by atoms with van der Waals surface area (Å²) in [6.45, 7) is 3.63. The third-order valence-corrected chi connectivity index (χ3v) is 2.07. The number of hydrogen-bond donors (Lipinski definition) is 1. The Labute approximate surface area is 89.0 Å². The van der Waals surface area contributed by atoms with Gasteiger partial charge in [0.05, 0.1) is 0 Å². The fourth-order valence-corrected chi connectivity index (χ4v) is 1.25. The molecule has 13 heavy (non-hydrogen) atoms. The van der Waals surface area contributed by atoms with Crippen molar-refractivity contribution in [2.45, 2.75) is 18.8 Å². The van der Waals surface area contributed by atoms with Gasteiger partial charge in [-0.1, -0.05) is 23.7 Å². The Morgan fingerprint density at radius 2 is 1.92 bits per heavy atom. The van der Waals surface area contributed by atoms with Crippen molar-refractivity contribution in [1.82, 2.24) is 5.32 Å². The van der Waals surface area contributed by atoms with Crippen LogP contribution in [0.4, 0.5) is 0 Å². The SMILES string of the molecule is CC(Cl)CNCc1ccc(Cl)cc1. The van der Waals surface area contributed by atoms with E-state index in [9.17, 15) is 0 Å². The van der Waals surface area contributed by atoms with E-state index in [1.54, 1.807) is 0 Å². The van der Waals surface area contributed by atoms with Crippen LogP contribution in [0.1, 0.15) is 12.5 Å². The van der Waals surface area contributed by atoms with Gasteiger partial charge in [0.25, 0.3) is 0 Å². The van der Waals surface area contributed by atoms with Crippen molar-refractivity contribution in [3.05, 3.63) is 34.9 Å². The number of benzene rings is 1. The van der Waals surface area contributed by atoms with Crippen LogP contribution < -0.4 is 5.32 Å². The number of hydrogen-bond acceptors (Lipinski definition) is 1. The van der Waals surface area contributed by atoms with E-state index in [2.05, 4.69) is 5.32 Å². The molecule has 0 heterocycles. The van der Waals surface area contributed by atoms with E-state index in [0.29, 0.717) is 0 Å². The molecule has 0 spiro atoms. The zero-order chi connectivity index (χ0) is 9.68. The summed E-state index contributed by atoms with van der Waals surface area (Å²) in [5.74, 6) is 0. The Morgan fingerprint density at radius 3 is 2.46 bits per heavy atom. The highest BCUT2D eigenvalue weighted by molar-refractivity contribution is 6.30. The Balaban J connectivity index is 2.33. The van der Waals surface area contributed by atoms with Crippen molar-refractivity contribution in [3.63, 3.8) is 0 Å².